The minimum absolute atomic E-state index is 0.520. The Morgan fingerprint density at radius 1 is 0.889 bits per heavy atom. The van der Waals surface area contributed by atoms with Gasteiger partial charge in [0.1, 0.15) is 5.52 Å². The highest BCUT2D eigenvalue weighted by molar-refractivity contribution is 6.03. The van der Waals surface area contributed by atoms with Crippen LogP contribution in [0.25, 0.3) is 33.5 Å². The fourth-order valence-electron chi connectivity index (χ4n) is 2.17. The highest BCUT2D eigenvalue weighted by Gasteiger charge is 2.12. The highest BCUT2D eigenvalue weighted by atomic mass is 16.4. The fourth-order valence-corrected chi connectivity index (χ4v) is 2.17. The van der Waals surface area contributed by atoms with E-state index in [1.807, 2.05) is 42.5 Å². The summed E-state index contributed by atoms with van der Waals surface area (Å²) in [5.41, 5.74) is 1.65. The predicted octanol–water partition coefficient (Wildman–Crippen LogP) is 4.24. The van der Waals surface area contributed by atoms with Crippen molar-refractivity contribution in [3.63, 3.8) is 0 Å². The first-order chi connectivity index (χ1) is 8.92. The number of aromatic nitrogens is 1. The third-order valence-corrected chi connectivity index (χ3v) is 3.02. The molecule has 0 amide bonds. The molecule has 0 unspecified atom stereocenters. The van der Waals surface area contributed by atoms with Gasteiger partial charge in [-0.15, -0.1) is 0 Å². The van der Waals surface area contributed by atoms with Gasteiger partial charge in [0.25, 0.3) is 5.89 Å². The van der Waals surface area contributed by atoms with Gasteiger partial charge >= 0.3 is 0 Å². The number of oxazole rings is 1. The van der Waals surface area contributed by atoms with Crippen LogP contribution in [0.15, 0.2) is 63.6 Å². The van der Waals surface area contributed by atoms with Gasteiger partial charge in [0, 0.05) is 5.39 Å². The number of hydrogen-bond acceptors (Lipinski definition) is 3. The molecular formula is C15H9NO2. The molecule has 3 heteroatoms. The number of furan rings is 1. The van der Waals surface area contributed by atoms with Crippen LogP contribution in [0, 0.1) is 0 Å². The molecule has 0 atom stereocenters. The van der Waals surface area contributed by atoms with E-state index in [1.165, 1.54) is 0 Å². The molecule has 2 aromatic heterocycles. The Balaban J connectivity index is 2.08. The molecule has 0 saturated heterocycles. The topological polar surface area (TPSA) is 39.2 Å². The molecule has 0 aliphatic carbocycles. The molecule has 0 N–H and O–H groups in total. The maximum absolute atomic E-state index is 5.72. The molecule has 0 radical (unpaired) electrons. The Hall–Kier alpha value is -2.55. The lowest BCUT2D eigenvalue weighted by Crippen LogP contribution is -1.75. The number of benzene rings is 2. The first-order valence-electron chi connectivity index (χ1n) is 5.74. The lowest BCUT2D eigenvalue weighted by atomic mass is 10.1. The predicted molar refractivity (Wildman–Crippen MR) is 69.2 cm³/mol. The summed E-state index contributed by atoms with van der Waals surface area (Å²) in [6.45, 7) is 0. The van der Waals surface area contributed by atoms with Crippen LogP contribution in [-0.2, 0) is 0 Å². The number of fused-ring (bicyclic) bond motifs is 3. The minimum atomic E-state index is 0.520. The zero-order valence-electron chi connectivity index (χ0n) is 9.46. The summed E-state index contributed by atoms with van der Waals surface area (Å²) >= 11 is 0. The van der Waals surface area contributed by atoms with E-state index >= 15 is 0 Å². The molecule has 0 bridgehead atoms. The van der Waals surface area contributed by atoms with Crippen LogP contribution in [0.1, 0.15) is 0 Å². The van der Waals surface area contributed by atoms with Gasteiger partial charge in [-0.05, 0) is 23.6 Å². The van der Waals surface area contributed by atoms with Crippen molar-refractivity contribution in [3.05, 3.63) is 54.8 Å². The van der Waals surface area contributed by atoms with Crippen molar-refractivity contribution in [2.75, 3.05) is 0 Å². The summed E-state index contributed by atoms with van der Waals surface area (Å²) < 4.78 is 11.0. The third-order valence-electron chi connectivity index (χ3n) is 3.02. The highest BCUT2D eigenvalue weighted by Crippen LogP contribution is 2.29. The monoisotopic (exact) mass is 235 g/mol. The Kier molecular flexibility index (Phi) is 1.83. The van der Waals surface area contributed by atoms with E-state index in [0.717, 1.165) is 21.9 Å². The summed E-state index contributed by atoms with van der Waals surface area (Å²) in [5.74, 6) is 1.17. The van der Waals surface area contributed by atoms with Gasteiger partial charge in [0.15, 0.2) is 11.3 Å². The molecule has 4 rings (SSSR count). The molecule has 0 aliphatic rings. The standard InChI is InChI=1S/C15H9NO2/c1-2-5-11-10(4-1)7-8-12-14(11)16-15(18-12)13-6-3-9-17-13/h1-9H. The smallest absolute Gasteiger partial charge is 0.263 e. The van der Waals surface area contributed by atoms with Gasteiger partial charge in [-0.1, -0.05) is 30.3 Å². The van der Waals surface area contributed by atoms with E-state index in [1.54, 1.807) is 6.26 Å². The van der Waals surface area contributed by atoms with Gasteiger partial charge in [0.2, 0.25) is 0 Å². The number of nitrogens with zero attached hydrogens (tertiary/aromatic N) is 1. The molecule has 2 heterocycles. The molecule has 0 spiro atoms. The lowest BCUT2D eigenvalue weighted by Gasteiger charge is -1.95. The van der Waals surface area contributed by atoms with Crippen LogP contribution in [0.5, 0.6) is 0 Å². The molecule has 18 heavy (non-hydrogen) atoms. The van der Waals surface area contributed by atoms with Crippen molar-refractivity contribution in [2.24, 2.45) is 0 Å². The molecule has 0 saturated carbocycles. The second kappa shape index (κ2) is 3.47. The fraction of sp³-hybridized carbons (Fsp3) is 0. The second-order valence-electron chi connectivity index (χ2n) is 4.13. The number of rotatable bonds is 1. The van der Waals surface area contributed by atoms with Crippen LogP contribution in [0.4, 0.5) is 0 Å². The van der Waals surface area contributed by atoms with Gasteiger partial charge in [0.05, 0.1) is 6.26 Å². The molecule has 2 aromatic carbocycles. The summed E-state index contributed by atoms with van der Waals surface area (Å²) in [6, 6.07) is 15.8. The molecule has 4 aromatic rings. The summed E-state index contributed by atoms with van der Waals surface area (Å²) in [7, 11) is 0. The van der Waals surface area contributed by atoms with Crippen LogP contribution in [0.2, 0.25) is 0 Å². The Morgan fingerprint density at radius 2 is 1.83 bits per heavy atom. The maximum Gasteiger partial charge on any atom is 0.263 e. The molecule has 0 fully saturated rings. The van der Waals surface area contributed by atoms with Crippen LogP contribution in [-0.4, -0.2) is 4.98 Å². The third kappa shape index (κ3) is 1.27. The van der Waals surface area contributed by atoms with Gasteiger partial charge in [-0.2, -0.15) is 0 Å². The average Bonchev–Trinajstić information content (AvgIpc) is 3.07. The number of hydrogen-bond donors (Lipinski definition) is 0. The minimum Gasteiger partial charge on any atom is -0.459 e. The normalized spacial score (nSPS) is 11.3. The van der Waals surface area contributed by atoms with Crippen molar-refractivity contribution in [3.8, 4) is 11.7 Å². The van der Waals surface area contributed by atoms with E-state index < -0.39 is 0 Å². The van der Waals surface area contributed by atoms with Crippen molar-refractivity contribution in [1.29, 1.82) is 0 Å². The molecular weight excluding hydrogens is 226 g/mol. The molecule has 3 nitrogen and oxygen atoms in total. The summed E-state index contributed by atoms with van der Waals surface area (Å²) in [5, 5.41) is 2.25. The zero-order chi connectivity index (χ0) is 11.9. The van der Waals surface area contributed by atoms with Crippen molar-refractivity contribution >= 4 is 21.9 Å². The summed E-state index contributed by atoms with van der Waals surface area (Å²) in [6.07, 6.45) is 1.61. The Morgan fingerprint density at radius 3 is 2.72 bits per heavy atom. The largest absolute Gasteiger partial charge is 0.459 e. The van der Waals surface area contributed by atoms with Crippen molar-refractivity contribution in [2.45, 2.75) is 0 Å². The summed E-state index contributed by atoms with van der Waals surface area (Å²) in [4.78, 5) is 4.52. The molecule has 0 aliphatic heterocycles. The van der Waals surface area contributed by atoms with E-state index in [2.05, 4.69) is 11.1 Å². The van der Waals surface area contributed by atoms with E-state index in [9.17, 15) is 0 Å². The van der Waals surface area contributed by atoms with Gasteiger partial charge < -0.3 is 8.83 Å². The first kappa shape index (κ1) is 9.48. The van der Waals surface area contributed by atoms with E-state index in [-0.39, 0.29) is 0 Å². The SMILES string of the molecule is c1coc(-c2nc3c(ccc4ccccc43)o2)c1. The Labute approximate surface area is 103 Å². The first-order valence-corrected chi connectivity index (χ1v) is 5.74. The molecule has 86 valence electrons. The Bertz CT molecular complexity index is 828. The van der Waals surface area contributed by atoms with Crippen molar-refractivity contribution in [1.82, 2.24) is 4.98 Å². The van der Waals surface area contributed by atoms with E-state index in [0.29, 0.717) is 11.7 Å². The van der Waals surface area contributed by atoms with Crippen LogP contribution >= 0.6 is 0 Å². The lowest BCUT2D eigenvalue weighted by molar-refractivity contribution is 0.535. The van der Waals surface area contributed by atoms with E-state index in [4.69, 9.17) is 8.83 Å². The van der Waals surface area contributed by atoms with Gasteiger partial charge in [-0.3, -0.25) is 0 Å². The zero-order valence-corrected chi connectivity index (χ0v) is 9.46. The second-order valence-corrected chi connectivity index (χ2v) is 4.13. The quantitative estimate of drug-likeness (QED) is 0.495. The average molecular weight is 235 g/mol. The van der Waals surface area contributed by atoms with Crippen LogP contribution < -0.4 is 0 Å². The van der Waals surface area contributed by atoms with Crippen molar-refractivity contribution < 1.29 is 8.83 Å². The van der Waals surface area contributed by atoms with Gasteiger partial charge in [-0.25, -0.2) is 4.98 Å². The van der Waals surface area contributed by atoms with Crippen LogP contribution in [0.3, 0.4) is 0 Å². The maximum atomic E-state index is 5.72.